The largest absolute Gasteiger partial charge is 0.171 e. The van der Waals surface area contributed by atoms with E-state index in [4.69, 9.17) is 0 Å². The van der Waals surface area contributed by atoms with E-state index in [1.165, 1.54) is 64.1 Å². The van der Waals surface area contributed by atoms with Gasteiger partial charge in [0.15, 0.2) is 2.74 Å². The minimum atomic E-state index is -0.110. The van der Waals surface area contributed by atoms with E-state index >= 15 is 0 Å². The molecule has 0 radical (unpaired) electrons. The van der Waals surface area contributed by atoms with Crippen LogP contribution in [0.25, 0.3) is 19.6 Å². The quantitative estimate of drug-likeness (QED) is 0.247. The third-order valence-electron chi connectivity index (χ3n) is 6.58. The Morgan fingerprint density at radius 2 is 0.514 bits per heavy atom. The SMILES string of the molecule is Cc1ccc(C2=C(c3ccc(C)cc3)SC3(S2)SC(c2ccc(C)cc2)=C(c2ccc(C)cc2)S3)cc1. The molecule has 37 heavy (non-hydrogen) atoms. The molecule has 0 amide bonds. The smallest absolute Gasteiger partial charge is 0.0835 e. The molecule has 2 aliphatic heterocycles. The van der Waals surface area contributed by atoms with E-state index in [-0.39, 0.29) is 2.74 Å². The van der Waals surface area contributed by atoms with Crippen molar-refractivity contribution in [3.63, 3.8) is 0 Å². The molecule has 0 saturated heterocycles. The lowest BCUT2D eigenvalue weighted by Crippen LogP contribution is -2.01. The molecule has 4 aromatic rings. The summed E-state index contributed by atoms with van der Waals surface area (Å²) in [6.45, 7) is 8.63. The molecule has 0 aliphatic carbocycles. The van der Waals surface area contributed by atoms with Gasteiger partial charge in [0.25, 0.3) is 0 Å². The van der Waals surface area contributed by atoms with Gasteiger partial charge in [0.05, 0.1) is 0 Å². The van der Waals surface area contributed by atoms with E-state index in [0.717, 1.165) is 0 Å². The van der Waals surface area contributed by atoms with Gasteiger partial charge in [-0.3, -0.25) is 0 Å². The molecular weight excluding hydrogens is 525 g/mol. The minimum absolute atomic E-state index is 0.110. The zero-order chi connectivity index (χ0) is 25.6. The summed E-state index contributed by atoms with van der Waals surface area (Å²) in [6.07, 6.45) is 0. The van der Waals surface area contributed by atoms with Crippen molar-refractivity contribution in [3.05, 3.63) is 142 Å². The van der Waals surface area contributed by atoms with Crippen LogP contribution in [0.5, 0.6) is 0 Å². The van der Waals surface area contributed by atoms with Crippen LogP contribution in [0, 0.1) is 27.7 Å². The summed E-state index contributed by atoms with van der Waals surface area (Å²) in [7, 11) is 0. The van der Waals surface area contributed by atoms with Crippen LogP contribution in [-0.2, 0) is 0 Å². The van der Waals surface area contributed by atoms with Gasteiger partial charge in [-0.2, -0.15) is 0 Å². The molecule has 4 aromatic carbocycles. The summed E-state index contributed by atoms with van der Waals surface area (Å²) >= 11 is 8.07. The second-order valence-electron chi connectivity index (χ2n) is 9.69. The van der Waals surface area contributed by atoms with Crippen molar-refractivity contribution in [1.29, 1.82) is 0 Å². The van der Waals surface area contributed by atoms with Crippen molar-refractivity contribution in [2.75, 3.05) is 0 Å². The van der Waals surface area contributed by atoms with Gasteiger partial charge in [0.1, 0.15) is 0 Å². The Morgan fingerprint density at radius 1 is 0.324 bits per heavy atom. The highest BCUT2D eigenvalue weighted by Gasteiger charge is 2.49. The van der Waals surface area contributed by atoms with E-state index in [1.807, 2.05) is 47.0 Å². The molecule has 4 heteroatoms. The van der Waals surface area contributed by atoms with Crippen LogP contribution in [0.1, 0.15) is 44.5 Å². The van der Waals surface area contributed by atoms with Gasteiger partial charge in [0.2, 0.25) is 0 Å². The first-order valence-electron chi connectivity index (χ1n) is 12.4. The molecule has 0 nitrogen and oxygen atoms in total. The molecular formula is C33H28S4. The third kappa shape index (κ3) is 5.09. The number of hydrogen-bond acceptors (Lipinski definition) is 4. The molecule has 0 atom stereocenters. The van der Waals surface area contributed by atoms with Crippen molar-refractivity contribution >= 4 is 66.7 Å². The van der Waals surface area contributed by atoms with Crippen molar-refractivity contribution in [3.8, 4) is 0 Å². The molecule has 2 aliphatic rings. The fourth-order valence-corrected chi connectivity index (χ4v) is 11.7. The Morgan fingerprint density at radius 3 is 0.703 bits per heavy atom. The van der Waals surface area contributed by atoms with Gasteiger partial charge >= 0.3 is 0 Å². The molecule has 0 N–H and O–H groups in total. The minimum Gasteiger partial charge on any atom is -0.0835 e. The zero-order valence-electron chi connectivity index (χ0n) is 21.4. The van der Waals surface area contributed by atoms with Gasteiger partial charge in [-0.25, -0.2) is 0 Å². The lowest BCUT2D eigenvalue weighted by Gasteiger charge is -2.21. The number of thioether (sulfide) groups is 4. The molecule has 0 bridgehead atoms. The molecule has 1 spiro atoms. The highest BCUT2D eigenvalue weighted by molar-refractivity contribution is 8.58. The molecule has 2 heterocycles. The van der Waals surface area contributed by atoms with E-state index in [1.54, 1.807) is 0 Å². The van der Waals surface area contributed by atoms with Crippen LogP contribution in [0.4, 0.5) is 0 Å². The van der Waals surface area contributed by atoms with Crippen LogP contribution in [0.3, 0.4) is 0 Å². The highest BCUT2D eigenvalue weighted by atomic mass is 32.3. The van der Waals surface area contributed by atoms with Crippen LogP contribution in [0.2, 0.25) is 0 Å². The summed E-state index contributed by atoms with van der Waals surface area (Å²) in [5.41, 5.74) is 10.4. The maximum absolute atomic E-state index is 2.28. The highest BCUT2D eigenvalue weighted by Crippen LogP contribution is 2.78. The first-order chi connectivity index (χ1) is 17.9. The Bertz CT molecular complexity index is 1270. The van der Waals surface area contributed by atoms with Crippen molar-refractivity contribution in [1.82, 2.24) is 0 Å². The molecule has 0 aromatic heterocycles. The third-order valence-corrected chi connectivity index (χ3v) is 13.4. The summed E-state index contributed by atoms with van der Waals surface area (Å²) in [5, 5.41) is 0. The van der Waals surface area contributed by atoms with Gasteiger partial charge in [-0.15, -0.1) is 0 Å². The lowest BCUT2D eigenvalue weighted by molar-refractivity contribution is 1.46. The van der Waals surface area contributed by atoms with E-state index in [9.17, 15) is 0 Å². The Balaban J connectivity index is 1.43. The molecule has 184 valence electrons. The summed E-state index contributed by atoms with van der Waals surface area (Å²) in [4.78, 5) is 5.51. The number of rotatable bonds is 4. The fourth-order valence-electron chi connectivity index (χ4n) is 4.39. The first kappa shape index (κ1) is 25.1. The fraction of sp³-hybridized carbons (Fsp3) is 0.152. The average Bonchev–Trinajstić information content (AvgIpc) is 3.46. The Labute approximate surface area is 237 Å². The number of hydrogen-bond donors (Lipinski definition) is 0. The summed E-state index contributed by atoms with van der Waals surface area (Å²) < 4.78 is -0.110. The lowest BCUT2D eigenvalue weighted by atomic mass is 10.1. The maximum atomic E-state index is 2.28. The topological polar surface area (TPSA) is 0 Å². The van der Waals surface area contributed by atoms with Crippen molar-refractivity contribution in [2.24, 2.45) is 0 Å². The Kier molecular flexibility index (Phi) is 6.87. The van der Waals surface area contributed by atoms with E-state index in [0.29, 0.717) is 0 Å². The van der Waals surface area contributed by atoms with Gasteiger partial charge in [-0.1, -0.05) is 166 Å². The normalized spacial score (nSPS) is 16.8. The van der Waals surface area contributed by atoms with Gasteiger partial charge in [-0.05, 0) is 49.9 Å². The van der Waals surface area contributed by atoms with E-state index in [2.05, 4.69) is 125 Å². The van der Waals surface area contributed by atoms with Crippen LogP contribution >= 0.6 is 47.0 Å². The molecule has 0 fully saturated rings. The molecule has 0 saturated carbocycles. The molecule has 6 rings (SSSR count). The van der Waals surface area contributed by atoms with Crippen LogP contribution < -0.4 is 0 Å². The summed E-state index contributed by atoms with van der Waals surface area (Å²) in [5.74, 6) is 0. The van der Waals surface area contributed by atoms with Gasteiger partial charge in [0, 0.05) is 19.6 Å². The Hall–Kier alpha value is -2.24. The van der Waals surface area contributed by atoms with Crippen LogP contribution in [-0.4, -0.2) is 2.74 Å². The van der Waals surface area contributed by atoms with E-state index < -0.39 is 0 Å². The van der Waals surface area contributed by atoms with Crippen LogP contribution in [0.15, 0.2) is 97.1 Å². The maximum Gasteiger partial charge on any atom is 0.171 e. The summed E-state index contributed by atoms with van der Waals surface area (Å²) in [6, 6.07) is 36.1. The standard InChI is InChI=1S/C33H28S4/c1-21-5-13-25(14-6-21)29-30(26-15-7-22(2)8-16-26)35-33(34-29)36-31(27-17-9-23(3)10-18-27)32(37-33)28-19-11-24(4)12-20-28/h5-20H,1-4H3. The first-order valence-corrected chi connectivity index (χ1v) is 15.7. The van der Waals surface area contributed by atoms with Gasteiger partial charge < -0.3 is 0 Å². The second-order valence-corrected chi connectivity index (χ2v) is 16.1. The number of benzene rings is 4. The monoisotopic (exact) mass is 552 g/mol. The molecule has 0 unspecified atom stereocenters. The van der Waals surface area contributed by atoms with Crippen molar-refractivity contribution in [2.45, 2.75) is 30.4 Å². The second kappa shape index (κ2) is 10.1. The predicted molar refractivity (Wildman–Crippen MR) is 171 cm³/mol. The zero-order valence-corrected chi connectivity index (χ0v) is 24.6. The average molecular weight is 553 g/mol. The van der Waals surface area contributed by atoms with Crippen molar-refractivity contribution < 1.29 is 0 Å². The predicted octanol–water partition coefficient (Wildman–Crippen LogP) is 10.8. The number of aryl methyl sites for hydroxylation is 4.